The number of carboxylic acids is 1. The zero-order valence-corrected chi connectivity index (χ0v) is 16.0. The van der Waals surface area contributed by atoms with E-state index in [1.54, 1.807) is 0 Å². The molecule has 1 amide bonds. The van der Waals surface area contributed by atoms with Gasteiger partial charge in [0.15, 0.2) is 0 Å². The molecular formula is C21H26N2O4. The van der Waals surface area contributed by atoms with Crippen LogP contribution in [0.4, 0.5) is 0 Å². The fourth-order valence-corrected chi connectivity index (χ4v) is 3.81. The van der Waals surface area contributed by atoms with Gasteiger partial charge in [-0.15, -0.1) is 0 Å². The van der Waals surface area contributed by atoms with Crippen LogP contribution in [0.2, 0.25) is 0 Å². The van der Waals surface area contributed by atoms with Crippen molar-refractivity contribution < 1.29 is 19.4 Å². The molecule has 0 saturated carbocycles. The standard InChI is InChI=1S/C21H26N2O4/c1-13-7-4-5-9-18(13)23-14(2)11-17(15(23)3)20(24)22-19(21(25)26)16-8-6-10-27-12-16/h4-5,7,9,11,16,19H,6,8,10,12H2,1-3H3,(H,22,24)(H,25,26). The first-order valence-corrected chi connectivity index (χ1v) is 9.26. The van der Waals surface area contributed by atoms with Crippen LogP contribution < -0.4 is 5.32 Å². The topological polar surface area (TPSA) is 80.6 Å². The number of ether oxygens (including phenoxy) is 1. The fraction of sp³-hybridized carbons (Fsp3) is 0.429. The van der Waals surface area contributed by atoms with Gasteiger partial charge in [0.2, 0.25) is 0 Å². The molecule has 1 aliphatic rings. The molecule has 0 spiro atoms. The molecule has 1 aromatic carbocycles. The lowest BCUT2D eigenvalue weighted by molar-refractivity contribution is -0.142. The van der Waals surface area contributed by atoms with Gasteiger partial charge in [0.1, 0.15) is 6.04 Å². The number of hydrogen-bond acceptors (Lipinski definition) is 3. The molecule has 2 unspecified atom stereocenters. The molecule has 2 N–H and O–H groups in total. The number of aliphatic carboxylic acids is 1. The molecule has 0 bridgehead atoms. The maximum atomic E-state index is 12.9. The van der Waals surface area contributed by atoms with E-state index in [1.165, 1.54) is 0 Å². The Bertz CT molecular complexity index is 850. The van der Waals surface area contributed by atoms with E-state index in [1.807, 2.05) is 55.7 Å². The number of amides is 1. The van der Waals surface area contributed by atoms with Crippen LogP contribution in [0.25, 0.3) is 5.69 Å². The molecule has 0 aliphatic carbocycles. The lowest BCUT2D eigenvalue weighted by Crippen LogP contribution is -2.48. The van der Waals surface area contributed by atoms with Gasteiger partial charge in [0.05, 0.1) is 12.2 Å². The van der Waals surface area contributed by atoms with Crippen molar-refractivity contribution >= 4 is 11.9 Å². The highest BCUT2D eigenvalue weighted by Gasteiger charge is 2.32. The molecule has 0 radical (unpaired) electrons. The SMILES string of the molecule is Cc1ccccc1-n1c(C)cc(C(=O)NC(C(=O)O)C2CCCOC2)c1C. The summed E-state index contributed by atoms with van der Waals surface area (Å²) < 4.78 is 7.43. The Morgan fingerprint density at radius 3 is 2.63 bits per heavy atom. The van der Waals surface area contributed by atoms with Crippen molar-refractivity contribution in [2.45, 2.75) is 39.7 Å². The van der Waals surface area contributed by atoms with Gasteiger partial charge in [0, 0.05) is 29.6 Å². The van der Waals surface area contributed by atoms with Gasteiger partial charge >= 0.3 is 5.97 Å². The van der Waals surface area contributed by atoms with E-state index in [0.717, 1.165) is 35.5 Å². The quantitative estimate of drug-likeness (QED) is 0.848. The highest BCUT2D eigenvalue weighted by molar-refractivity contribution is 5.98. The zero-order valence-electron chi connectivity index (χ0n) is 16.0. The Kier molecular flexibility index (Phi) is 5.65. The van der Waals surface area contributed by atoms with Crippen LogP contribution in [-0.2, 0) is 9.53 Å². The second-order valence-electron chi connectivity index (χ2n) is 7.17. The van der Waals surface area contributed by atoms with E-state index in [-0.39, 0.29) is 11.8 Å². The Morgan fingerprint density at radius 2 is 2.00 bits per heavy atom. The average molecular weight is 370 g/mol. The van der Waals surface area contributed by atoms with Crippen molar-refractivity contribution in [1.29, 1.82) is 0 Å². The van der Waals surface area contributed by atoms with Crippen molar-refractivity contribution in [3.05, 3.63) is 52.8 Å². The number of benzene rings is 1. The Balaban J connectivity index is 1.88. The lowest BCUT2D eigenvalue weighted by Gasteiger charge is -2.28. The molecule has 1 aliphatic heterocycles. The molecule has 27 heavy (non-hydrogen) atoms. The van der Waals surface area contributed by atoms with E-state index in [9.17, 15) is 14.7 Å². The Morgan fingerprint density at radius 1 is 1.26 bits per heavy atom. The number of carboxylic acid groups (broad SMARTS) is 1. The summed E-state index contributed by atoms with van der Waals surface area (Å²) in [4.78, 5) is 24.6. The van der Waals surface area contributed by atoms with E-state index in [2.05, 4.69) is 5.32 Å². The number of hydrogen-bond donors (Lipinski definition) is 2. The van der Waals surface area contributed by atoms with Gasteiger partial charge in [0.25, 0.3) is 5.91 Å². The summed E-state index contributed by atoms with van der Waals surface area (Å²) in [5, 5.41) is 12.3. The monoisotopic (exact) mass is 370 g/mol. The summed E-state index contributed by atoms with van der Waals surface area (Å²) in [6, 6.07) is 8.84. The van der Waals surface area contributed by atoms with E-state index < -0.39 is 12.0 Å². The summed E-state index contributed by atoms with van der Waals surface area (Å²) in [6.45, 7) is 6.86. The minimum absolute atomic E-state index is 0.208. The van der Waals surface area contributed by atoms with Crippen LogP contribution in [0.15, 0.2) is 30.3 Å². The minimum Gasteiger partial charge on any atom is -0.480 e. The average Bonchev–Trinajstić information content (AvgIpc) is 2.95. The first kappa shape index (κ1) is 19.2. The third-order valence-corrected chi connectivity index (χ3v) is 5.25. The summed E-state index contributed by atoms with van der Waals surface area (Å²) in [6.07, 6.45) is 1.55. The first-order chi connectivity index (χ1) is 12.9. The van der Waals surface area contributed by atoms with E-state index in [0.29, 0.717) is 18.8 Å². The lowest BCUT2D eigenvalue weighted by atomic mass is 9.93. The third-order valence-electron chi connectivity index (χ3n) is 5.25. The Labute approximate surface area is 159 Å². The molecule has 1 fully saturated rings. The molecule has 6 nitrogen and oxygen atoms in total. The number of carbonyl (C=O) groups is 2. The highest BCUT2D eigenvalue weighted by Crippen LogP contribution is 2.24. The maximum absolute atomic E-state index is 12.9. The van der Waals surface area contributed by atoms with Gasteiger partial charge < -0.3 is 19.7 Å². The predicted molar refractivity (Wildman–Crippen MR) is 102 cm³/mol. The van der Waals surface area contributed by atoms with Gasteiger partial charge in [-0.05, 0) is 51.3 Å². The third kappa shape index (κ3) is 3.90. The molecule has 6 heteroatoms. The van der Waals surface area contributed by atoms with E-state index >= 15 is 0 Å². The van der Waals surface area contributed by atoms with Gasteiger partial charge in [-0.1, -0.05) is 18.2 Å². The van der Waals surface area contributed by atoms with Crippen LogP contribution in [0.3, 0.4) is 0 Å². The molecule has 144 valence electrons. The number of rotatable bonds is 5. The normalized spacial score (nSPS) is 18.1. The number of nitrogens with one attached hydrogen (secondary N) is 1. The molecule has 2 aromatic rings. The molecule has 3 rings (SSSR count). The largest absolute Gasteiger partial charge is 0.480 e. The molecule has 2 atom stereocenters. The van der Waals surface area contributed by atoms with Crippen LogP contribution in [0, 0.1) is 26.7 Å². The van der Waals surface area contributed by atoms with Crippen molar-refractivity contribution in [1.82, 2.24) is 9.88 Å². The van der Waals surface area contributed by atoms with Crippen LogP contribution in [0.5, 0.6) is 0 Å². The van der Waals surface area contributed by atoms with Crippen molar-refractivity contribution in [2.75, 3.05) is 13.2 Å². The summed E-state index contributed by atoms with van der Waals surface area (Å²) in [5.74, 6) is -1.59. The Hall–Kier alpha value is -2.60. The maximum Gasteiger partial charge on any atom is 0.326 e. The number of nitrogens with zero attached hydrogens (tertiary/aromatic N) is 1. The summed E-state index contributed by atoms with van der Waals surface area (Å²) in [7, 11) is 0. The van der Waals surface area contributed by atoms with Gasteiger partial charge in [-0.2, -0.15) is 0 Å². The summed E-state index contributed by atoms with van der Waals surface area (Å²) in [5.41, 5.74) is 4.35. The van der Waals surface area contributed by atoms with Crippen LogP contribution in [0.1, 0.15) is 40.2 Å². The highest BCUT2D eigenvalue weighted by atomic mass is 16.5. The predicted octanol–water partition coefficient (Wildman–Crippen LogP) is 3.01. The molecule has 1 saturated heterocycles. The minimum atomic E-state index is -1.02. The number of carbonyl (C=O) groups excluding carboxylic acids is 1. The first-order valence-electron chi connectivity index (χ1n) is 9.26. The summed E-state index contributed by atoms with van der Waals surface area (Å²) >= 11 is 0. The van der Waals surface area contributed by atoms with Gasteiger partial charge in [-0.3, -0.25) is 4.79 Å². The molecule has 1 aromatic heterocycles. The van der Waals surface area contributed by atoms with Crippen molar-refractivity contribution in [3.8, 4) is 5.69 Å². The van der Waals surface area contributed by atoms with E-state index in [4.69, 9.17) is 4.74 Å². The second kappa shape index (κ2) is 7.96. The van der Waals surface area contributed by atoms with Crippen LogP contribution >= 0.6 is 0 Å². The molecular weight excluding hydrogens is 344 g/mol. The number of aromatic nitrogens is 1. The number of aryl methyl sites for hydroxylation is 2. The smallest absolute Gasteiger partial charge is 0.326 e. The molecule has 2 heterocycles. The number of para-hydroxylation sites is 1. The van der Waals surface area contributed by atoms with Crippen molar-refractivity contribution in [3.63, 3.8) is 0 Å². The van der Waals surface area contributed by atoms with Gasteiger partial charge in [-0.25, -0.2) is 4.79 Å². The fourth-order valence-electron chi connectivity index (χ4n) is 3.81. The van der Waals surface area contributed by atoms with Crippen molar-refractivity contribution in [2.24, 2.45) is 5.92 Å². The zero-order chi connectivity index (χ0) is 19.6. The van der Waals surface area contributed by atoms with Crippen LogP contribution in [-0.4, -0.2) is 40.8 Å². The second-order valence-corrected chi connectivity index (χ2v) is 7.17.